The molecule has 0 spiro atoms. The van der Waals surface area contributed by atoms with Crippen LogP contribution in [0, 0.1) is 6.92 Å². The van der Waals surface area contributed by atoms with Gasteiger partial charge in [-0.3, -0.25) is 14.1 Å². The molecule has 0 bridgehead atoms. The van der Waals surface area contributed by atoms with Crippen LogP contribution in [0.1, 0.15) is 45.7 Å². The fourth-order valence-electron chi connectivity index (χ4n) is 3.07. The number of rotatable bonds is 2. The standard InChI is InChI=1S/C16H18N4O3.CH4O3S/c1-9-10-6-12(16(23)18-8-19-17)20-5-3-2-4-13(21)11(15(10)20)7-14(9)22;1-5(2,3)4/h6-8,22H,2-5,17H2,1H3,(H,18,19,23);1H3,(H,2,3,4). The maximum absolute atomic E-state index is 12.4. The summed E-state index contributed by atoms with van der Waals surface area (Å²) in [5, 5.41) is 16.6. The van der Waals surface area contributed by atoms with Gasteiger partial charge in [-0.2, -0.15) is 13.5 Å². The number of phenols is 1. The van der Waals surface area contributed by atoms with Gasteiger partial charge in [0, 0.05) is 29.5 Å². The Morgan fingerprint density at radius 2 is 2.00 bits per heavy atom. The lowest BCUT2D eigenvalue weighted by molar-refractivity contribution is 0.0958. The normalized spacial score (nSPS) is 14.3. The van der Waals surface area contributed by atoms with Crippen LogP contribution in [0.3, 0.4) is 0 Å². The van der Waals surface area contributed by atoms with Crippen LogP contribution in [0.4, 0.5) is 0 Å². The molecule has 0 atom stereocenters. The summed E-state index contributed by atoms with van der Waals surface area (Å²) in [4.78, 5) is 24.7. The highest BCUT2D eigenvalue weighted by Gasteiger charge is 2.24. The van der Waals surface area contributed by atoms with Crippen molar-refractivity contribution in [1.29, 1.82) is 0 Å². The van der Waals surface area contributed by atoms with E-state index in [0.29, 0.717) is 46.9 Å². The van der Waals surface area contributed by atoms with E-state index in [9.17, 15) is 23.1 Å². The summed E-state index contributed by atoms with van der Waals surface area (Å²) in [6.07, 6.45) is 3.84. The van der Waals surface area contributed by atoms with Crippen LogP contribution < -0.4 is 11.2 Å². The molecule has 3 rings (SSSR count). The zero-order chi connectivity index (χ0) is 21.1. The number of nitrogens with zero attached hydrogens (tertiary/aromatic N) is 2. The number of phenolic OH excluding ortho intramolecular Hbond substituents is 1. The summed E-state index contributed by atoms with van der Waals surface area (Å²) in [7, 11) is -3.67. The number of aryl methyl sites for hydroxylation is 2. The number of hydrogen-bond acceptors (Lipinski definition) is 7. The third-order valence-corrected chi connectivity index (χ3v) is 4.26. The summed E-state index contributed by atoms with van der Waals surface area (Å²) in [5.74, 6) is 4.71. The third-order valence-electron chi connectivity index (χ3n) is 4.26. The van der Waals surface area contributed by atoms with Crippen molar-refractivity contribution in [3.05, 3.63) is 29.0 Å². The van der Waals surface area contributed by atoms with Crippen molar-refractivity contribution in [2.75, 3.05) is 6.26 Å². The average Bonchev–Trinajstić information content (AvgIpc) is 2.96. The largest absolute Gasteiger partial charge is 0.508 e. The molecule has 2 heterocycles. The molecule has 1 aliphatic rings. The Morgan fingerprint density at radius 1 is 1.36 bits per heavy atom. The molecule has 0 saturated heterocycles. The number of aromatic hydroxyl groups is 1. The Kier molecular flexibility index (Phi) is 6.41. The number of hydrogen-bond donors (Lipinski definition) is 4. The van der Waals surface area contributed by atoms with Crippen molar-refractivity contribution < 1.29 is 27.7 Å². The van der Waals surface area contributed by atoms with Gasteiger partial charge in [0.05, 0.1) is 11.8 Å². The zero-order valence-corrected chi connectivity index (χ0v) is 16.3. The number of nitrogens with two attached hydrogens (primary N) is 1. The molecule has 28 heavy (non-hydrogen) atoms. The summed E-state index contributed by atoms with van der Waals surface area (Å²) in [6, 6.07) is 3.21. The number of amides is 1. The first-order chi connectivity index (χ1) is 13.0. The fraction of sp³-hybridized carbons (Fsp3) is 0.353. The summed E-state index contributed by atoms with van der Waals surface area (Å²) >= 11 is 0. The number of ketones is 1. The lowest BCUT2D eigenvalue weighted by Crippen LogP contribution is -2.25. The fourth-order valence-corrected chi connectivity index (χ4v) is 3.07. The molecule has 1 aliphatic heterocycles. The number of carbonyl (C=O) groups excluding carboxylic acids is 2. The van der Waals surface area contributed by atoms with E-state index in [0.717, 1.165) is 19.2 Å². The first-order valence-corrected chi connectivity index (χ1v) is 10.2. The summed E-state index contributed by atoms with van der Waals surface area (Å²) in [6.45, 7) is 2.40. The van der Waals surface area contributed by atoms with E-state index >= 15 is 0 Å². The highest BCUT2D eigenvalue weighted by molar-refractivity contribution is 7.85. The predicted molar refractivity (Wildman–Crippen MR) is 104 cm³/mol. The Bertz CT molecular complexity index is 1050. The van der Waals surface area contributed by atoms with Crippen LogP contribution in [0.5, 0.6) is 5.75 Å². The Balaban J connectivity index is 0.000000500. The van der Waals surface area contributed by atoms with Gasteiger partial charge >= 0.3 is 0 Å². The highest BCUT2D eigenvalue weighted by Crippen LogP contribution is 2.34. The molecular formula is C17H22N4O6S. The lowest BCUT2D eigenvalue weighted by atomic mass is 9.98. The van der Waals surface area contributed by atoms with E-state index in [1.165, 1.54) is 6.07 Å². The van der Waals surface area contributed by atoms with Crippen LogP contribution in [0.15, 0.2) is 17.2 Å². The molecule has 0 radical (unpaired) electrons. The second-order valence-corrected chi connectivity index (χ2v) is 7.84. The van der Waals surface area contributed by atoms with Gasteiger partial charge < -0.3 is 20.8 Å². The molecular weight excluding hydrogens is 388 g/mol. The summed E-state index contributed by atoms with van der Waals surface area (Å²) < 4.78 is 27.7. The SMILES string of the molecule is CS(=O)(=O)O.Cc1c(O)cc2c3c1cc(C(=O)NC=NN)n3CCCCC2=O. The van der Waals surface area contributed by atoms with Gasteiger partial charge in [0.15, 0.2) is 5.78 Å². The Morgan fingerprint density at radius 3 is 2.61 bits per heavy atom. The molecule has 0 unspecified atom stereocenters. The highest BCUT2D eigenvalue weighted by atomic mass is 32.2. The van der Waals surface area contributed by atoms with Crippen molar-refractivity contribution in [2.45, 2.75) is 32.7 Å². The number of aromatic nitrogens is 1. The number of benzene rings is 1. The van der Waals surface area contributed by atoms with E-state index in [4.69, 9.17) is 10.4 Å². The minimum absolute atomic E-state index is 0.0140. The molecule has 152 valence electrons. The van der Waals surface area contributed by atoms with Crippen LogP contribution >= 0.6 is 0 Å². The second-order valence-electron chi connectivity index (χ2n) is 6.38. The average molecular weight is 410 g/mol. The zero-order valence-electron chi connectivity index (χ0n) is 15.5. The van der Waals surface area contributed by atoms with Crippen molar-refractivity contribution >= 4 is 39.1 Å². The number of Topliss-reactive ketones (excluding diaryl/α,β-unsaturated/α-hetero) is 1. The summed E-state index contributed by atoms with van der Waals surface area (Å²) in [5.41, 5.74) is 2.25. The van der Waals surface area contributed by atoms with Crippen LogP contribution in [-0.2, 0) is 16.7 Å². The Labute approximate surface area is 161 Å². The van der Waals surface area contributed by atoms with E-state index in [-0.39, 0.29) is 17.4 Å². The molecule has 10 nitrogen and oxygen atoms in total. The van der Waals surface area contributed by atoms with Crippen LogP contribution in [0.2, 0.25) is 0 Å². The molecule has 0 fully saturated rings. The maximum atomic E-state index is 12.4. The second kappa shape index (κ2) is 8.40. The van der Waals surface area contributed by atoms with Gasteiger partial charge in [-0.1, -0.05) is 0 Å². The van der Waals surface area contributed by atoms with Gasteiger partial charge in [0.1, 0.15) is 17.8 Å². The molecule has 1 amide bonds. The van der Waals surface area contributed by atoms with Crippen molar-refractivity contribution in [3.63, 3.8) is 0 Å². The minimum Gasteiger partial charge on any atom is -0.508 e. The Hall–Kier alpha value is -2.92. The van der Waals surface area contributed by atoms with Crippen LogP contribution in [0.25, 0.3) is 10.9 Å². The third kappa shape index (κ3) is 4.87. The van der Waals surface area contributed by atoms with Gasteiger partial charge in [-0.25, -0.2) is 0 Å². The van der Waals surface area contributed by atoms with E-state index in [1.807, 2.05) is 4.57 Å². The molecule has 11 heteroatoms. The van der Waals surface area contributed by atoms with Crippen molar-refractivity contribution in [1.82, 2.24) is 9.88 Å². The first-order valence-electron chi connectivity index (χ1n) is 8.38. The topological polar surface area (TPSA) is 164 Å². The quantitative estimate of drug-likeness (QED) is 0.190. The van der Waals surface area contributed by atoms with Crippen molar-refractivity contribution in [2.24, 2.45) is 10.9 Å². The number of nitrogens with one attached hydrogen (secondary N) is 1. The van der Waals surface area contributed by atoms with Crippen molar-refractivity contribution in [3.8, 4) is 5.75 Å². The molecule has 0 aliphatic carbocycles. The van der Waals surface area contributed by atoms with E-state index in [1.54, 1.807) is 13.0 Å². The van der Waals surface area contributed by atoms with Gasteiger partial charge in [0.2, 0.25) is 0 Å². The van der Waals surface area contributed by atoms with Gasteiger partial charge in [0.25, 0.3) is 16.0 Å². The minimum atomic E-state index is -3.67. The lowest BCUT2D eigenvalue weighted by Gasteiger charge is -2.16. The number of carbonyl (C=O) groups is 2. The van der Waals surface area contributed by atoms with E-state index in [2.05, 4.69) is 10.4 Å². The first kappa shape index (κ1) is 21.4. The molecule has 5 N–H and O–H groups in total. The predicted octanol–water partition coefficient (Wildman–Crippen LogP) is 1.16. The molecule has 1 aromatic carbocycles. The smallest absolute Gasteiger partial charge is 0.273 e. The van der Waals surface area contributed by atoms with Gasteiger partial charge in [-0.05, 0) is 31.9 Å². The van der Waals surface area contributed by atoms with Gasteiger partial charge in [-0.15, -0.1) is 0 Å². The van der Waals surface area contributed by atoms with Crippen LogP contribution in [-0.4, -0.2) is 46.9 Å². The molecule has 1 aromatic heterocycles. The molecule has 0 saturated carbocycles. The molecule has 2 aromatic rings. The maximum Gasteiger partial charge on any atom is 0.273 e. The number of hydrazone groups is 1. The monoisotopic (exact) mass is 410 g/mol. The van der Waals surface area contributed by atoms with E-state index < -0.39 is 10.1 Å².